The summed E-state index contributed by atoms with van der Waals surface area (Å²) in [6.07, 6.45) is 0.271. The van der Waals surface area contributed by atoms with Crippen LogP contribution in [0, 0.1) is 12.7 Å². The topological polar surface area (TPSA) is 71.5 Å². The van der Waals surface area contributed by atoms with Crippen molar-refractivity contribution in [1.82, 2.24) is 4.31 Å². The maximum atomic E-state index is 13.4. The molecule has 1 aromatic carbocycles. The number of rotatable bonds is 5. The van der Waals surface area contributed by atoms with Crippen LogP contribution in [0.5, 0.6) is 0 Å². The van der Waals surface area contributed by atoms with E-state index in [1.165, 1.54) is 34.7 Å². The van der Waals surface area contributed by atoms with Gasteiger partial charge in [-0.3, -0.25) is 0 Å². The summed E-state index contributed by atoms with van der Waals surface area (Å²) in [5.41, 5.74) is 0.303. The summed E-state index contributed by atoms with van der Waals surface area (Å²) in [5.74, 6) is -0.710. The van der Waals surface area contributed by atoms with Gasteiger partial charge in [-0.15, -0.1) is 11.3 Å². The lowest BCUT2D eigenvalue weighted by Crippen LogP contribution is -2.40. The Balaban J connectivity index is 2.03. The van der Waals surface area contributed by atoms with E-state index in [4.69, 9.17) is 0 Å². The molecule has 1 saturated heterocycles. The molecule has 0 N–H and O–H groups in total. The van der Waals surface area contributed by atoms with Crippen LogP contribution in [-0.4, -0.2) is 38.7 Å². The third-order valence-corrected chi connectivity index (χ3v) is 8.90. The van der Waals surface area contributed by atoms with Crippen molar-refractivity contribution in [3.8, 4) is 0 Å². The summed E-state index contributed by atoms with van der Waals surface area (Å²) in [5, 5.41) is 1.84. The second-order valence-electron chi connectivity index (χ2n) is 6.10. The zero-order chi connectivity index (χ0) is 18.2. The van der Waals surface area contributed by atoms with Gasteiger partial charge >= 0.3 is 0 Å². The van der Waals surface area contributed by atoms with Gasteiger partial charge in [0.05, 0.1) is 16.4 Å². The number of hydrogen-bond donors (Lipinski definition) is 0. The van der Waals surface area contributed by atoms with Crippen LogP contribution in [0.25, 0.3) is 0 Å². The van der Waals surface area contributed by atoms with Crippen molar-refractivity contribution in [3.05, 3.63) is 52.0 Å². The quantitative estimate of drug-likeness (QED) is 0.769. The highest BCUT2D eigenvalue weighted by molar-refractivity contribution is 7.92. The maximum absolute atomic E-state index is 13.4. The molecule has 0 saturated carbocycles. The van der Waals surface area contributed by atoms with Crippen LogP contribution in [0.2, 0.25) is 0 Å². The largest absolute Gasteiger partial charge is 0.243 e. The van der Waals surface area contributed by atoms with Crippen molar-refractivity contribution in [1.29, 1.82) is 0 Å². The fourth-order valence-corrected chi connectivity index (χ4v) is 7.45. The lowest BCUT2D eigenvalue weighted by atomic mass is 10.2. The zero-order valence-corrected chi connectivity index (χ0v) is 16.0. The van der Waals surface area contributed by atoms with Crippen molar-refractivity contribution in [2.45, 2.75) is 30.8 Å². The number of nitrogens with zero attached hydrogens (tertiary/aromatic N) is 1. The zero-order valence-electron chi connectivity index (χ0n) is 13.6. The third kappa shape index (κ3) is 3.94. The Hall–Kier alpha value is -1.29. The van der Waals surface area contributed by atoms with Crippen molar-refractivity contribution in [2.24, 2.45) is 0 Å². The van der Waals surface area contributed by atoms with Crippen LogP contribution in [0.3, 0.4) is 0 Å². The minimum absolute atomic E-state index is 0.00903. The number of benzene rings is 1. The van der Waals surface area contributed by atoms with Gasteiger partial charge in [0.1, 0.15) is 5.82 Å². The summed E-state index contributed by atoms with van der Waals surface area (Å²) in [7, 11) is -7.19. The minimum Gasteiger partial charge on any atom is -0.229 e. The summed E-state index contributed by atoms with van der Waals surface area (Å²) < 4.78 is 64.7. The first-order valence-electron chi connectivity index (χ1n) is 7.70. The highest BCUT2D eigenvalue weighted by Crippen LogP contribution is 2.29. The molecule has 1 fully saturated rings. The molecule has 2 heterocycles. The number of aryl methyl sites for hydroxylation is 1. The van der Waals surface area contributed by atoms with Crippen molar-refractivity contribution in [2.75, 3.05) is 11.5 Å². The second kappa shape index (κ2) is 6.79. The summed E-state index contributed by atoms with van der Waals surface area (Å²) >= 11 is 1.41. The van der Waals surface area contributed by atoms with Gasteiger partial charge in [0.25, 0.3) is 0 Å². The molecule has 1 aromatic heterocycles. The van der Waals surface area contributed by atoms with E-state index < -0.39 is 31.7 Å². The van der Waals surface area contributed by atoms with Gasteiger partial charge in [-0.25, -0.2) is 21.2 Å². The molecular weight excluding hydrogens is 385 g/mol. The van der Waals surface area contributed by atoms with Crippen LogP contribution >= 0.6 is 11.3 Å². The van der Waals surface area contributed by atoms with Gasteiger partial charge in [-0.05, 0) is 48.6 Å². The predicted octanol–water partition coefficient (Wildman–Crippen LogP) is 2.57. The third-order valence-electron chi connectivity index (χ3n) is 4.23. The van der Waals surface area contributed by atoms with Gasteiger partial charge in [0.2, 0.25) is 10.0 Å². The molecule has 1 aliphatic rings. The summed E-state index contributed by atoms with van der Waals surface area (Å²) in [6, 6.07) is 6.54. The highest BCUT2D eigenvalue weighted by atomic mass is 32.2. The number of sulfonamides is 1. The van der Waals surface area contributed by atoms with Crippen molar-refractivity contribution < 1.29 is 21.2 Å². The Bertz CT molecular complexity index is 969. The molecule has 0 aliphatic carbocycles. The Morgan fingerprint density at radius 2 is 2.08 bits per heavy atom. The number of thiophene rings is 1. The molecule has 1 atom stereocenters. The van der Waals surface area contributed by atoms with E-state index in [0.29, 0.717) is 5.56 Å². The standard InChI is InChI=1S/C16H18FNO4S3/c1-12-9-13(17)4-5-16(12)25(21,22)18(10-15-3-2-7-23-15)14-6-8-24(19,20)11-14/h2-5,7,9,14H,6,8,10-11H2,1H3/t14-/m1/s1. The molecule has 0 unspecified atom stereocenters. The molecule has 25 heavy (non-hydrogen) atoms. The number of sulfone groups is 1. The van der Waals surface area contributed by atoms with E-state index >= 15 is 0 Å². The Kier molecular flexibility index (Phi) is 5.02. The van der Waals surface area contributed by atoms with Crippen molar-refractivity contribution in [3.63, 3.8) is 0 Å². The Morgan fingerprint density at radius 1 is 1.32 bits per heavy atom. The molecule has 0 radical (unpaired) electrons. The molecule has 5 nitrogen and oxygen atoms in total. The molecular formula is C16H18FNO4S3. The average Bonchev–Trinajstić information content (AvgIpc) is 3.13. The molecule has 2 aromatic rings. The Labute approximate surface area is 151 Å². The first-order valence-corrected chi connectivity index (χ1v) is 11.8. The lowest BCUT2D eigenvalue weighted by molar-refractivity contribution is 0.336. The van der Waals surface area contributed by atoms with Crippen LogP contribution in [0.1, 0.15) is 16.9 Å². The molecule has 9 heteroatoms. The SMILES string of the molecule is Cc1cc(F)ccc1S(=O)(=O)N(Cc1cccs1)[C@@H]1CCS(=O)(=O)C1. The Morgan fingerprint density at radius 3 is 2.64 bits per heavy atom. The van der Waals surface area contributed by atoms with E-state index in [1.54, 1.807) is 0 Å². The van der Waals surface area contributed by atoms with E-state index in [9.17, 15) is 21.2 Å². The lowest BCUT2D eigenvalue weighted by Gasteiger charge is -2.27. The first-order chi connectivity index (χ1) is 11.7. The molecule has 0 spiro atoms. The average molecular weight is 404 g/mol. The maximum Gasteiger partial charge on any atom is 0.243 e. The highest BCUT2D eigenvalue weighted by Gasteiger charge is 2.39. The molecule has 1 aliphatic heterocycles. The van der Waals surface area contributed by atoms with Crippen LogP contribution in [-0.2, 0) is 26.4 Å². The summed E-state index contributed by atoms with van der Waals surface area (Å²) in [4.78, 5) is 0.836. The number of hydrogen-bond acceptors (Lipinski definition) is 5. The van der Waals surface area contributed by atoms with Crippen molar-refractivity contribution >= 4 is 31.2 Å². The van der Waals surface area contributed by atoms with Gasteiger partial charge < -0.3 is 0 Å². The van der Waals surface area contributed by atoms with Gasteiger partial charge in [-0.1, -0.05) is 6.07 Å². The fraction of sp³-hybridized carbons (Fsp3) is 0.375. The van der Waals surface area contributed by atoms with E-state index in [-0.39, 0.29) is 29.4 Å². The normalized spacial score (nSPS) is 20.2. The fourth-order valence-electron chi connectivity index (χ4n) is 3.00. The first kappa shape index (κ1) is 18.5. The van der Waals surface area contributed by atoms with Crippen LogP contribution in [0.15, 0.2) is 40.6 Å². The molecule has 3 rings (SSSR count). The van der Waals surface area contributed by atoms with E-state index in [2.05, 4.69) is 0 Å². The number of halogens is 1. The smallest absolute Gasteiger partial charge is 0.229 e. The van der Waals surface area contributed by atoms with Crippen LogP contribution < -0.4 is 0 Å². The van der Waals surface area contributed by atoms with Gasteiger partial charge in [-0.2, -0.15) is 4.31 Å². The monoisotopic (exact) mass is 403 g/mol. The van der Waals surface area contributed by atoms with Gasteiger partial charge in [0.15, 0.2) is 9.84 Å². The molecule has 0 bridgehead atoms. The molecule has 136 valence electrons. The van der Waals surface area contributed by atoms with E-state index in [0.717, 1.165) is 10.9 Å². The second-order valence-corrected chi connectivity index (χ2v) is 11.2. The molecule has 0 amide bonds. The van der Waals surface area contributed by atoms with Gasteiger partial charge in [0, 0.05) is 17.5 Å². The van der Waals surface area contributed by atoms with E-state index in [1.807, 2.05) is 17.5 Å². The minimum atomic E-state index is -3.95. The summed E-state index contributed by atoms with van der Waals surface area (Å²) in [6.45, 7) is 1.64. The predicted molar refractivity (Wildman–Crippen MR) is 95.2 cm³/mol. The van der Waals surface area contributed by atoms with Crippen LogP contribution in [0.4, 0.5) is 4.39 Å².